The lowest BCUT2D eigenvalue weighted by Gasteiger charge is -2.15. The highest BCUT2D eigenvalue weighted by Crippen LogP contribution is 2.29. The Morgan fingerprint density at radius 2 is 2.10 bits per heavy atom. The molecule has 0 amide bonds. The van der Waals surface area contributed by atoms with Crippen LogP contribution in [0.5, 0.6) is 5.75 Å². The first-order chi connectivity index (χ1) is 9.67. The minimum Gasteiger partial charge on any atom is -0.496 e. The predicted molar refractivity (Wildman–Crippen MR) is 82.3 cm³/mol. The molecule has 0 atom stereocenters. The zero-order valence-corrected chi connectivity index (χ0v) is 12.7. The van der Waals surface area contributed by atoms with E-state index in [0.29, 0.717) is 0 Å². The molecule has 0 saturated heterocycles. The number of nitrogens with zero attached hydrogens (tertiary/aromatic N) is 2. The van der Waals surface area contributed by atoms with E-state index in [9.17, 15) is 0 Å². The minimum absolute atomic E-state index is 0.771. The van der Waals surface area contributed by atoms with E-state index in [4.69, 9.17) is 4.74 Å². The molecule has 0 aliphatic heterocycles. The number of anilines is 1. The molecule has 1 N–H and O–H groups in total. The second kappa shape index (κ2) is 6.46. The Labute approximate surface area is 120 Å². The molecule has 4 nitrogen and oxygen atoms in total. The van der Waals surface area contributed by atoms with Crippen molar-refractivity contribution < 1.29 is 4.74 Å². The highest BCUT2D eigenvalue weighted by molar-refractivity contribution is 5.59. The van der Waals surface area contributed by atoms with Crippen molar-refractivity contribution in [2.24, 2.45) is 0 Å². The summed E-state index contributed by atoms with van der Waals surface area (Å²) in [5.41, 5.74) is 4.61. The molecule has 0 spiro atoms. The first-order valence-corrected chi connectivity index (χ1v) is 7.04. The number of hydrogen-bond donors (Lipinski definition) is 1. The molecule has 0 aliphatic rings. The van der Waals surface area contributed by atoms with Crippen LogP contribution < -0.4 is 10.1 Å². The van der Waals surface area contributed by atoms with Crippen LogP contribution in [-0.2, 0) is 13.1 Å². The molecule has 0 bridgehead atoms. The fourth-order valence-corrected chi connectivity index (χ4v) is 2.46. The van der Waals surface area contributed by atoms with Crippen LogP contribution in [0.15, 0.2) is 24.7 Å². The van der Waals surface area contributed by atoms with Gasteiger partial charge in [-0.15, -0.1) is 0 Å². The second-order valence-corrected chi connectivity index (χ2v) is 5.02. The van der Waals surface area contributed by atoms with Gasteiger partial charge in [-0.1, -0.05) is 13.0 Å². The van der Waals surface area contributed by atoms with Crippen LogP contribution in [0.3, 0.4) is 0 Å². The fraction of sp³-hybridized carbons (Fsp3) is 0.438. The predicted octanol–water partition coefficient (Wildman–Crippen LogP) is 3.53. The van der Waals surface area contributed by atoms with E-state index in [1.165, 1.54) is 5.69 Å². The molecule has 108 valence electrons. The molecule has 0 saturated carbocycles. The van der Waals surface area contributed by atoms with Crippen LogP contribution in [-0.4, -0.2) is 16.7 Å². The number of rotatable bonds is 6. The van der Waals surface area contributed by atoms with Gasteiger partial charge in [-0.25, -0.2) is 4.98 Å². The molecule has 2 rings (SSSR count). The number of hydrogen-bond acceptors (Lipinski definition) is 3. The third kappa shape index (κ3) is 2.95. The average molecular weight is 273 g/mol. The molecule has 1 aromatic heterocycles. The first kappa shape index (κ1) is 14.4. The second-order valence-electron chi connectivity index (χ2n) is 5.02. The van der Waals surface area contributed by atoms with Crippen LogP contribution in [0.1, 0.15) is 30.2 Å². The lowest BCUT2D eigenvalue weighted by atomic mass is 10.1. The highest BCUT2D eigenvalue weighted by Gasteiger charge is 2.08. The summed E-state index contributed by atoms with van der Waals surface area (Å²) in [5.74, 6) is 0.956. The van der Waals surface area contributed by atoms with Gasteiger partial charge in [0.1, 0.15) is 5.75 Å². The van der Waals surface area contributed by atoms with Gasteiger partial charge in [0.15, 0.2) is 0 Å². The summed E-state index contributed by atoms with van der Waals surface area (Å²) in [6.45, 7) is 8.09. The van der Waals surface area contributed by atoms with Crippen LogP contribution >= 0.6 is 0 Å². The van der Waals surface area contributed by atoms with Crippen molar-refractivity contribution in [2.75, 3.05) is 12.4 Å². The summed E-state index contributed by atoms with van der Waals surface area (Å²) in [4.78, 5) is 4.22. The smallest absolute Gasteiger partial charge is 0.126 e. The monoisotopic (exact) mass is 273 g/mol. The number of ether oxygens (including phenoxy) is 1. The van der Waals surface area contributed by atoms with E-state index in [-0.39, 0.29) is 0 Å². The van der Waals surface area contributed by atoms with Crippen molar-refractivity contribution in [2.45, 2.75) is 40.3 Å². The number of aromatic nitrogens is 2. The van der Waals surface area contributed by atoms with Gasteiger partial charge in [-0.2, -0.15) is 0 Å². The number of benzene rings is 1. The van der Waals surface area contributed by atoms with Gasteiger partial charge in [0, 0.05) is 24.0 Å². The van der Waals surface area contributed by atoms with Gasteiger partial charge < -0.3 is 14.6 Å². The largest absolute Gasteiger partial charge is 0.496 e. The Bertz CT molecular complexity index is 575. The third-order valence-corrected chi connectivity index (χ3v) is 3.53. The Balaban J connectivity index is 2.13. The van der Waals surface area contributed by atoms with Crippen LogP contribution in [0, 0.1) is 13.8 Å². The summed E-state index contributed by atoms with van der Waals surface area (Å²) >= 11 is 0. The van der Waals surface area contributed by atoms with Crippen molar-refractivity contribution in [3.05, 3.63) is 41.5 Å². The topological polar surface area (TPSA) is 39.1 Å². The van der Waals surface area contributed by atoms with E-state index in [2.05, 4.69) is 47.8 Å². The molecule has 20 heavy (non-hydrogen) atoms. The Hall–Kier alpha value is -1.97. The lowest BCUT2D eigenvalue weighted by Crippen LogP contribution is -2.08. The number of aryl methyl sites for hydroxylation is 2. The van der Waals surface area contributed by atoms with E-state index < -0.39 is 0 Å². The minimum atomic E-state index is 0.771. The average Bonchev–Trinajstić information content (AvgIpc) is 2.86. The van der Waals surface area contributed by atoms with E-state index in [1.54, 1.807) is 7.11 Å². The summed E-state index contributed by atoms with van der Waals surface area (Å²) in [6.07, 6.45) is 4.92. The molecule has 0 aliphatic carbocycles. The Morgan fingerprint density at radius 1 is 1.30 bits per heavy atom. The van der Waals surface area contributed by atoms with Crippen molar-refractivity contribution >= 4 is 5.69 Å². The van der Waals surface area contributed by atoms with Crippen molar-refractivity contribution in [3.8, 4) is 5.75 Å². The summed E-state index contributed by atoms with van der Waals surface area (Å²) in [7, 11) is 1.72. The molecule has 0 fully saturated rings. The van der Waals surface area contributed by atoms with E-state index >= 15 is 0 Å². The van der Waals surface area contributed by atoms with Gasteiger partial charge >= 0.3 is 0 Å². The van der Waals surface area contributed by atoms with Crippen molar-refractivity contribution in [1.29, 1.82) is 0 Å². The number of methoxy groups -OCH3 is 1. The van der Waals surface area contributed by atoms with Crippen molar-refractivity contribution in [1.82, 2.24) is 9.55 Å². The highest BCUT2D eigenvalue weighted by atomic mass is 16.5. The maximum atomic E-state index is 5.46. The summed E-state index contributed by atoms with van der Waals surface area (Å²) < 4.78 is 7.65. The zero-order chi connectivity index (χ0) is 14.5. The maximum absolute atomic E-state index is 5.46. The van der Waals surface area contributed by atoms with E-state index in [1.807, 2.05) is 12.5 Å². The van der Waals surface area contributed by atoms with Crippen molar-refractivity contribution in [3.63, 3.8) is 0 Å². The molecule has 0 unspecified atom stereocenters. The van der Waals surface area contributed by atoms with Crippen LogP contribution in [0.2, 0.25) is 0 Å². The zero-order valence-electron chi connectivity index (χ0n) is 12.7. The quantitative estimate of drug-likeness (QED) is 0.875. The van der Waals surface area contributed by atoms with Crippen LogP contribution in [0.4, 0.5) is 5.69 Å². The molecular weight excluding hydrogens is 250 g/mol. The molecular formula is C16H23N3O. The third-order valence-electron chi connectivity index (χ3n) is 3.53. The molecule has 2 aromatic rings. The Morgan fingerprint density at radius 3 is 2.80 bits per heavy atom. The number of nitrogens with one attached hydrogen (secondary N) is 1. The lowest BCUT2D eigenvalue weighted by molar-refractivity contribution is 0.409. The van der Waals surface area contributed by atoms with E-state index in [0.717, 1.165) is 42.1 Å². The fourth-order valence-electron chi connectivity index (χ4n) is 2.46. The standard InChI is InChI=1S/C16H23N3O/c1-5-8-19-11-17-9-14(19)10-18-15-7-6-12(2)16(20-4)13(15)3/h6-7,9,11,18H,5,8,10H2,1-4H3. The van der Waals surface area contributed by atoms with Crippen LogP contribution in [0.25, 0.3) is 0 Å². The Kier molecular flexibility index (Phi) is 4.66. The normalized spacial score (nSPS) is 10.6. The molecule has 1 aromatic carbocycles. The van der Waals surface area contributed by atoms with Gasteiger partial charge in [0.25, 0.3) is 0 Å². The molecule has 4 heteroatoms. The SMILES string of the molecule is CCCn1cncc1CNc1ccc(C)c(OC)c1C. The van der Waals surface area contributed by atoms with Gasteiger partial charge in [0.05, 0.1) is 25.7 Å². The summed E-state index contributed by atoms with van der Waals surface area (Å²) in [5, 5.41) is 3.48. The molecule has 1 heterocycles. The first-order valence-electron chi connectivity index (χ1n) is 7.04. The molecule has 0 radical (unpaired) electrons. The van der Waals surface area contributed by atoms with Gasteiger partial charge in [-0.05, 0) is 31.9 Å². The summed E-state index contributed by atoms with van der Waals surface area (Å²) in [6, 6.07) is 4.19. The van der Waals surface area contributed by atoms with Gasteiger partial charge in [-0.3, -0.25) is 0 Å². The maximum Gasteiger partial charge on any atom is 0.126 e. The van der Waals surface area contributed by atoms with Gasteiger partial charge in [0.2, 0.25) is 0 Å². The number of imidazole rings is 1.